The van der Waals surface area contributed by atoms with Crippen molar-refractivity contribution in [1.29, 1.82) is 0 Å². The third kappa shape index (κ3) is 4.56. The number of carbonyl (C=O) groups excluding carboxylic acids is 2. The van der Waals surface area contributed by atoms with Crippen molar-refractivity contribution in [2.24, 2.45) is 0 Å². The molecule has 1 fully saturated rings. The van der Waals surface area contributed by atoms with Gasteiger partial charge in [0.2, 0.25) is 0 Å². The molecule has 3 aromatic rings. The number of ketones is 1. The summed E-state index contributed by atoms with van der Waals surface area (Å²) >= 11 is 6.06. The maximum Gasteiger partial charge on any atom is 0.300 e. The molecule has 1 N–H and O–H groups in total. The number of nitrogens with zero attached hydrogens (tertiary/aromatic N) is 1. The Bertz CT molecular complexity index is 1340. The van der Waals surface area contributed by atoms with E-state index in [0.29, 0.717) is 22.0 Å². The monoisotopic (exact) mass is 489 g/mol. The highest BCUT2D eigenvalue weighted by Gasteiger charge is 2.47. The lowest BCUT2D eigenvalue weighted by atomic mass is 9.84. The summed E-state index contributed by atoms with van der Waals surface area (Å²) in [4.78, 5) is 28.1. The molecular weight excluding hydrogens is 462 g/mol. The van der Waals surface area contributed by atoms with Crippen molar-refractivity contribution >= 4 is 34.7 Å². The van der Waals surface area contributed by atoms with Gasteiger partial charge in [-0.15, -0.1) is 0 Å². The molecule has 1 atom stereocenters. The number of methoxy groups -OCH3 is 1. The summed E-state index contributed by atoms with van der Waals surface area (Å²) in [6, 6.07) is 18.8. The SMILES string of the molecule is COc1ccc(/C(O)=C2/C(=O)C(=O)N(c3ccc(Cl)cc3)C2c2cccc(C)c2)cc1C(C)(C)C. The number of benzene rings is 3. The highest BCUT2D eigenvalue weighted by atomic mass is 35.5. The number of amides is 1. The van der Waals surface area contributed by atoms with E-state index in [0.717, 1.165) is 16.7 Å². The van der Waals surface area contributed by atoms with Crippen LogP contribution in [-0.4, -0.2) is 23.9 Å². The Morgan fingerprint density at radius 1 is 1.00 bits per heavy atom. The second kappa shape index (κ2) is 9.23. The van der Waals surface area contributed by atoms with Crippen molar-refractivity contribution in [3.63, 3.8) is 0 Å². The van der Waals surface area contributed by atoms with E-state index >= 15 is 0 Å². The minimum atomic E-state index is -0.795. The first-order valence-corrected chi connectivity index (χ1v) is 11.7. The minimum absolute atomic E-state index is 0.0422. The van der Waals surface area contributed by atoms with Crippen molar-refractivity contribution in [2.45, 2.75) is 39.2 Å². The van der Waals surface area contributed by atoms with Gasteiger partial charge in [0.1, 0.15) is 11.5 Å². The van der Waals surface area contributed by atoms with E-state index in [-0.39, 0.29) is 16.7 Å². The number of anilines is 1. The molecule has 1 saturated heterocycles. The average Bonchev–Trinajstić information content (AvgIpc) is 3.08. The third-order valence-corrected chi connectivity index (χ3v) is 6.44. The van der Waals surface area contributed by atoms with E-state index < -0.39 is 17.7 Å². The zero-order valence-electron chi connectivity index (χ0n) is 20.4. The van der Waals surface area contributed by atoms with Crippen LogP contribution < -0.4 is 9.64 Å². The molecule has 1 amide bonds. The largest absolute Gasteiger partial charge is 0.507 e. The molecule has 1 aliphatic rings. The molecule has 1 unspecified atom stereocenters. The third-order valence-electron chi connectivity index (χ3n) is 6.19. The summed E-state index contributed by atoms with van der Waals surface area (Å²) in [6.07, 6.45) is 0. The molecule has 5 nitrogen and oxygen atoms in total. The summed E-state index contributed by atoms with van der Waals surface area (Å²) in [5.74, 6) is -0.979. The van der Waals surface area contributed by atoms with Gasteiger partial charge in [-0.2, -0.15) is 0 Å². The van der Waals surface area contributed by atoms with Gasteiger partial charge in [0.25, 0.3) is 11.7 Å². The number of aliphatic hydroxyl groups is 1. The summed E-state index contributed by atoms with van der Waals surface area (Å²) in [5.41, 5.74) is 3.32. The Balaban J connectivity index is 1.96. The first-order chi connectivity index (χ1) is 16.5. The standard InChI is InChI=1S/C29H28ClNO4/c1-17-7-6-8-18(15-17)25-24(27(33)28(34)31(25)21-12-10-20(30)11-13-21)26(32)19-9-14-23(35-5)22(16-19)29(2,3)4/h6-16,25,32H,1-5H3/b26-24-. The zero-order valence-corrected chi connectivity index (χ0v) is 21.2. The maximum atomic E-state index is 13.4. The summed E-state index contributed by atoms with van der Waals surface area (Å²) < 4.78 is 5.52. The van der Waals surface area contributed by atoms with Crippen LogP contribution in [0.4, 0.5) is 5.69 Å². The Labute approximate surface area is 210 Å². The Morgan fingerprint density at radius 3 is 2.29 bits per heavy atom. The van der Waals surface area contributed by atoms with Gasteiger partial charge in [-0.25, -0.2) is 0 Å². The van der Waals surface area contributed by atoms with E-state index in [4.69, 9.17) is 16.3 Å². The number of aliphatic hydroxyl groups excluding tert-OH is 1. The minimum Gasteiger partial charge on any atom is -0.507 e. The van der Waals surface area contributed by atoms with E-state index in [1.165, 1.54) is 4.90 Å². The smallest absolute Gasteiger partial charge is 0.300 e. The van der Waals surface area contributed by atoms with Crippen LogP contribution in [0.5, 0.6) is 5.75 Å². The predicted molar refractivity (Wildman–Crippen MR) is 139 cm³/mol. The average molecular weight is 490 g/mol. The maximum absolute atomic E-state index is 13.4. The van der Waals surface area contributed by atoms with E-state index in [1.54, 1.807) is 43.5 Å². The van der Waals surface area contributed by atoms with Gasteiger partial charge < -0.3 is 9.84 Å². The molecule has 3 aromatic carbocycles. The Morgan fingerprint density at radius 2 is 1.69 bits per heavy atom. The predicted octanol–water partition coefficient (Wildman–Crippen LogP) is 6.58. The highest BCUT2D eigenvalue weighted by molar-refractivity contribution is 6.51. The fourth-order valence-corrected chi connectivity index (χ4v) is 4.58. The number of hydrogen-bond donors (Lipinski definition) is 1. The number of carbonyl (C=O) groups is 2. The first kappa shape index (κ1) is 24.6. The Hall–Kier alpha value is -3.57. The van der Waals surface area contributed by atoms with Crippen LogP contribution in [0, 0.1) is 6.92 Å². The molecule has 35 heavy (non-hydrogen) atoms. The van der Waals surface area contributed by atoms with E-state index in [9.17, 15) is 14.7 Å². The number of Topliss-reactive ketones (excluding diaryl/α,β-unsaturated/α-hetero) is 1. The van der Waals surface area contributed by atoms with Crippen LogP contribution in [0.3, 0.4) is 0 Å². The van der Waals surface area contributed by atoms with Gasteiger partial charge in [-0.3, -0.25) is 14.5 Å². The lowest BCUT2D eigenvalue weighted by molar-refractivity contribution is -0.132. The van der Waals surface area contributed by atoms with E-state index in [2.05, 4.69) is 0 Å². The van der Waals surface area contributed by atoms with Crippen molar-refractivity contribution in [3.05, 3.63) is 99.6 Å². The van der Waals surface area contributed by atoms with Gasteiger partial charge in [0, 0.05) is 21.8 Å². The summed E-state index contributed by atoms with van der Waals surface area (Å²) in [6.45, 7) is 8.07. The van der Waals surface area contributed by atoms with Crippen molar-refractivity contribution in [1.82, 2.24) is 0 Å². The molecule has 1 aliphatic heterocycles. The van der Waals surface area contributed by atoms with Gasteiger partial charge >= 0.3 is 0 Å². The second-order valence-electron chi connectivity index (χ2n) is 9.72. The molecular formula is C29H28ClNO4. The van der Waals surface area contributed by atoms with Crippen LogP contribution in [-0.2, 0) is 15.0 Å². The molecule has 0 aromatic heterocycles. The van der Waals surface area contributed by atoms with Crippen molar-refractivity contribution in [2.75, 3.05) is 12.0 Å². The lowest BCUT2D eigenvalue weighted by Gasteiger charge is -2.26. The number of ether oxygens (including phenoxy) is 1. The van der Waals surface area contributed by atoms with Crippen LogP contribution in [0.2, 0.25) is 5.02 Å². The molecule has 4 rings (SSSR count). The van der Waals surface area contributed by atoms with Gasteiger partial charge in [-0.05, 0) is 60.4 Å². The van der Waals surface area contributed by atoms with Crippen LogP contribution >= 0.6 is 11.6 Å². The lowest BCUT2D eigenvalue weighted by Crippen LogP contribution is -2.29. The molecule has 0 bridgehead atoms. The summed E-state index contributed by atoms with van der Waals surface area (Å²) in [7, 11) is 1.60. The van der Waals surface area contributed by atoms with E-state index in [1.807, 2.05) is 58.0 Å². The van der Waals surface area contributed by atoms with Crippen LogP contribution in [0.25, 0.3) is 5.76 Å². The quantitative estimate of drug-likeness (QED) is 0.255. The topological polar surface area (TPSA) is 66.8 Å². The fraction of sp³-hybridized carbons (Fsp3) is 0.241. The van der Waals surface area contributed by atoms with Crippen molar-refractivity contribution in [3.8, 4) is 5.75 Å². The second-order valence-corrected chi connectivity index (χ2v) is 10.2. The zero-order chi connectivity index (χ0) is 25.5. The van der Waals surface area contributed by atoms with Crippen LogP contribution in [0.15, 0.2) is 72.3 Å². The first-order valence-electron chi connectivity index (χ1n) is 11.3. The molecule has 0 radical (unpaired) electrons. The van der Waals surface area contributed by atoms with Crippen molar-refractivity contribution < 1.29 is 19.4 Å². The number of hydrogen-bond acceptors (Lipinski definition) is 4. The van der Waals surface area contributed by atoms with Crippen LogP contribution in [0.1, 0.15) is 49.1 Å². The molecule has 6 heteroatoms. The molecule has 0 aliphatic carbocycles. The Kier molecular flexibility index (Phi) is 6.48. The fourth-order valence-electron chi connectivity index (χ4n) is 4.45. The van der Waals surface area contributed by atoms with Gasteiger partial charge in [0.15, 0.2) is 0 Å². The molecule has 0 saturated carbocycles. The van der Waals surface area contributed by atoms with Gasteiger partial charge in [-0.1, -0.05) is 62.2 Å². The molecule has 180 valence electrons. The molecule has 0 spiro atoms. The number of aryl methyl sites for hydroxylation is 1. The number of halogens is 1. The normalized spacial score (nSPS) is 17.7. The molecule has 1 heterocycles. The highest BCUT2D eigenvalue weighted by Crippen LogP contribution is 2.43. The number of rotatable bonds is 4. The summed E-state index contributed by atoms with van der Waals surface area (Å²) in [5, 5.41) is 12.0. The van der Waals surface area contributed by atoms with Gasteiger partial charge in [0.05, 0.1) is 18.7 Å².